The van der Waals surface area contributed by atoms with Crippen LogP contribution in [0.1, 0.15) is 21.5 Å². The van der Waals surface area contributed by atoms with E-state index in [2.05, 4.69) is 0 Å². The number of benzene rings is 2. The van der Waals surface area contributed by atoms with Gasteiger partial charge >= 0.3 is 0 Å². The van der Waals surface area contributed by atoms with Gasteiger partial charge in [0.1, 0.15) is 17.4 Å². The smallest absolute Gasteiger partial charge is 0.195 e. The summed E-state index contributed by atoms with van der Waals surface area (Å²) < 4.78 is 31.7. The van der Waals surface area contributed by atoms with Crippen LogP contribution in [0.5, 0.6) is 5.75 Å². The fourth-order valence-corrected chi connectivity index (χ4v) is 2.16. The molecule has 0 amide bonds. The van der Waals surface area contributed by atoms with Gasteiger partial charge in [-0.25, -0.2) is 8.78 Å². The van der Waals surface area contributed by atoms with E-state index >= 15 is 0 Å². The van der Waals surface area contributed by atoms with Gasteiger partial charge in [0, 0.05) is 18.1 Å². The molecule has 0 bridgehead atoms. The second kappa shape index (κ2) is 4.46. The van der Waals surface area contributed by atoms with E-state index in [-0.39, 0.29) is 5.56 Å². The van der Waals surface area contributed by atoms with Crippen molar-refractivity contribution in [2.24, 2.45) is 0 Å². The van der Waals surface area contributed by atoms with Crippen molar-refractivity contribution in [3.8, 4) is 5.75 Å². The SMILES string of the molecule is O=C(c1ccc2c(c1)CCO2)c1ccc(F)cc1F. The molecule has 0 N–H and O–H groups in total. The molecule has 1 aliphatic rings. The summed E-state index contributed by atoms with van der Waals surface area (Å²) in [4.78, 5) is 12.2. The van der Waals surface area contributed by atoms with Crippen molar-refractivity contribution in [3.63, 3.8) is 0 Å². The molecule has 0 atom stereocenters. The number of carbonyl (C=O) groups is 1. The van der Waals surface area contributed by atoms with Gasteiger partial charge in [-0.1, -0.05) is 0 Å². The van der Waals surface area contributed by atoms with Crippen LogP contribution in [0.25, 0.3) is 0 Å². The largest absolute Gasteiger partial charge is 0.493 e. The van der Waals surface area contributed by atoms with Gasteiger partial charge in [-0.2, -0.15) is 0 Å². The Morgan fingerprint density at radius 3 is 2.74 bits per heavy atom. The number of hydrogen-bond acceptors (Lipinski definition) is 2. The molecule has 0 spiro atoms. The highest BCUT2D eigenvalue weighted by Crippen LogP contribution is 2.27. The number of ether oxygens (including phenoxy) is 1. The van der Waals surface area contributed by atoms with Crippen LogP contribution in [0.15, 0.2) is 36.4 Å². The molecule has 0 fully saturated rings. The molecule has 2 nitrogen and oxygen atoms in total. The van der Waals surface area contributed by atoms with Gasteiger partial charge in [0.05, 0.1) is 12.2 Å². The number of fused-ring (bicyclic) bond motifs is 1. The number of rotatable bonds is 2. The highest BCUT2D eigenvalue weighted by molar-refractivity contribution is 6.09. The quantitative estimate of drug-likeness (QED) is 0.775. The van der Waals surface area contributed by atoms with Crippen LogP contribution >= 0.6 is 0 Å². The third kappa shape index (κ3) is 2.10. The second-order valence-electron chi connectivity index (χ2n) is 4.37. The van der Waals surface area contributed by atoms with Crippen molar-refractivity contribution in [3.05, 3.63) is 64.7 Å². The highest BCUT2D eigenvalue weighted by Gasteiger charge is 2.18. The number of ketones is 1. The Morgan fingerprint density at radius 2 is 1.95 bits per heavy atom. The summed E-state index contributed by atoms with van der Waals surface area (Å²) >= 11 is 0. The zero-order valence-electron chi connectivity index (χ0n) is 9.95. The Kier molecular flexibility index (Phi) is 2.78. The van der Waals surface area contributed by atoms with E-state index in [0.717, 1.165) is 29.9 Å². The molecule has 0 aliphatic carbocycles. The van der Waals surface area contributed by atoms with Gasteiger partial charge in [-0.15, -0.1) is 0 Å². The van der Waals surface area contributed by atoms with E-state index in [1.165, 1.54) is 0 Å². The van der Waals surface area contributed by atoms with Crippen molar-refractivity contribution in [1.29, 1.82) is 0 Å². The minimum absolute atomic E-state index is 0.125. The van der Waals surface area contributed by atoms with E-state index < -0.39 is 17.4 Å². The van der Waals surface area contributed by atoms with Crippen LogP contribution in [0.4, 0.5) is 8.78 Å². The first-order valence-electron chi connectivity index (χ1n) is 5.90. The van der Waals surface area contributed by atoms with Crippen molar-refractivity contribution < 1.29 is 18.3 Å². The van der Waals surface area contributed by atoms with Crippen LogP contribution in [0.3, 0.4) is 0 Å². The van der Waals surface area contributed by atoms with Crippen LogP contribution < -0.4 is 4.74 Å². The van der Waals surface area contributed by atoms with Crippen LogP contribution in [-0.4, -0.2) is 12.4 Å². The second-order valence-corrected chi connectivity index (χ2v) is 4.37. The fourth-order valence-electron chi connectivity index (χ4n) is 2.16. The van der Waals surface area contributed by atoms with Crippen molar-refractivity contribution >= 4 is 5.78 Å². The minimum atomic E-state index is -0.846. The summed E-state index contributed by atoms with van der Waals surface area (Å²) in [6, 6.07) is 7.95. The van der Waals surface area contributed by atoms with E-state index in [1.54, 1.807) is 18.2 Å². The Balaban J connectivity index is 2.00. The average Bonchev–Trinajstić information content (AvgIpc) is 2.85. The van der Waals surface area contributed by atoms with Crippen LogP contribution in [0.2, 0.25) is 0 Å². The third-order valence-electron chi connectivity index (χ3n) is 3.13. The van der Waals surface area contributed by atoms with Crippen molar-refractivity contribution in [1.82, 2.24) is 0 Å². The first kappa shape index (κ1) is 11.8. The molecular weight excluding hydrogens is 250 g/mol. The molecule has 2 aromatic rings. The lowest BCUT2D eigenvalue weighted by Gasteiger charge is -2.05. The zero-order valence-corrected chi connectivity index (χ0v) is 9.95. The molecule has 0 radical (unpaired) electrons. The molecular formula is C15H10F2O2. The van der Waals surface area contributed by atoms with Gasteiger partial charge in [0.25, 0.3) is 0 Å². The topological polar surface area (TPSA) is 26.3 Å². The normalized spacial score (nSPS) is 12.9. The Bertz CT molecular complexity index is 665. The monoisotopic (exact) mass is 260 g/mol. The maximum absolute atomic E-state index is 13.6. The highest BCUT2D eigenvalue weighted by atomic mass is 19.1. The first-order chi connectivity index (χ1) is 9.15. The predicted octanol–water partition coefficient (Wildman–Crippen LogP) is 3.13. The molecule has 19 heavy (non-hydrogen) atoms. The zero-order chi connectivity index (χ0) is 13.4. The molecule has 2 aromatic carbocycles. The van der Waals surface area contributed by atoms with E-state index in [4.69, 9.17) is 4.74 Å². The number of hydrogen-bond donors (Lipinski definition) is 0. The van der Waals surface area contributed by atoms with Crippen molar-refractivity contribution in [2.75, 3.05) is 6.61 Å². The summed E-state index contributed by atoms with van der Waals surface area (Å²) in [6.07, 6.45) is 0.738. The summed E-state index contributed by atoms with van der Waals surface area (Å²) in [5.74, 6) is -1.23. The van der Waals surface area contributed by atoms with Gasteiger partial charge in [-0.3, -0.25) is 4.79 Å². The number of halogens is 2. The molecule has 1 heterocycles. The summed E-state index contributed by atoms with van der Waals surface area (Å²) in [5, 5.41) is 0. The Morgan fingerprint density at radius 1 is 1.11 bits per heavy atom. The minimum Gasteiger partial charge on any atom is -0.493 e. The molecule has 0 unspecified atom stereocenters. The maximum atomic E-state index is 13.6. The predicted molar refractivity (Wildman–Crippen MR) is 65.4 cm³/mol. The molecule has 0 aromatic heterocycles. The van der Waals surface area contributed by atoms with E-state index in [1.807, 2.05) is 0 Å². The lowest BCUT2D eigenvalue weighted by molar-refractivity contribution is 0.103. The Labute approximate surface area is 108 Å². The standard InChI is InChI=1S/C15H10F2O2/c16-11-2-3-12(13(17)8-11)15(18)10-1-4-14-9(7-10)5-6-19-14/h1-4,7-8H,5-6H2. The first-order valence-corrected chi connectivity index (χ1v) is 5.90. The summed E-state index contributed by atoms with van der Waals surface area (Å²) in [5.41, 5.74) is 1.20. The molecule has 3 rings (SSSR count). The molecule has 0 saturated carbocycles. The lowest BCUT2D eigenvalue weighted by atomic mass is 10.00. The van der Waals surface area contributed by atoms with Crippen molar-refractivity contribution in [2.45, 2.75) is 6.42 Å². The summed E-state index contributed by atoms with van der Waals surface area (Å²) in [7, 11) is 0. The van der Waals surface area contributed by atoms with Gasteiger partial charge in [0.15, 0.2) is 5.78 Å². The van der Waals surface area contributed by atoms with Gasteiger partial charge < -0.3 is 4.74 Å². The van der Waals surface area contributed by atoms with Gasteiger partial charge in [-0.05, 0) is 35.9 Å². The Hall–Kier alpha value is -2.23. The molecule has 96 valence electrons. The third-order valence-corrected chi connectivity index (χ3v) is 3.13. The van der Waals surface area contributed by atoms with Crippen LogP contribution in [0, 0.1) is 11.6 Å². The lowest BCUT2D eigenvalue weighted by Crippen LogP contribution is -2.05. The summed E-state index contributed by atoms with van der Waals surface area (Å²) in [6.45, 7) is 0.595. The molecule has 1 aliphatic heterocycles. The molecule has 0 saturated heterocycles. The average molecular weight is 260 g/mol. The maximum Gasteiger partial charge on any atom is 0.195 e. The number of carbonyl (C=O) groups excluding carboxylic acids is 1. The molecule has 4 heteroatoms. The fraction of sp³-hybridized carbons (Fsp3) is 0.133. The van der Waals surface area contributed by atoms with Crippen LogP contribution in [-0.2, 0) is 6.42 Å². The van der Waals surface area contributed by atoms with E-state index in [9.17, 15) is 13.6 Å². The van der Waals surface area contributed by atoms with E-state index in [0.29, 0.717) is 18.2 Å². The van der Waals surface area contributed by atoms with Gasteiger partial charge in [0.2, 0.25) is 0 Å².